The molecular formula is C35H34FIN2O7S. The van der Waals surface area contributed by atoms with Crippen molar-refractivity contribution in [2.24, 2.45) is 4.99 Å². The van der Waals surface area contributed by atoms with E-state index in [9.17, 15) is 14.0 Å². The summed E-state index contributed by atoms with van der Waals surface area (Å²) < 4.78 is 44.9. The molecule has 0 saturated heterocycles. The van der Waals surface area contributed by atoms with Crippen LogP contribution in [-0.4, -0.2) is 37.5 Å². The summed E-state index contributed by atoms with van der Waals surface area (Å²) in [6.07, 6.45) is 1.67. The summed E-state index contributed by atoms with van der Waals surface area (Å²) in [5.74, 6) is 1.09. The average Bonchev–Trinajstić information content (AvgIpc) is 3.33. The smallest absolute Gasteiger partial charge is 0.338 e. The maximum Gasteiger partial charge on any atom is 0.338 e. The molecule has 2 heterocycles. The quantitative estimate of drug-likeness (QED) is 0.138. The van der Waals surface area contributed by atoms with Gasteiger partial charge in [-0.05, 0) is 109 Å². The van der Waals surface area contributed by atoms with Gasteiger partial charge in [-0.2, -0.15) is 0 Å². The largest absolute Gasteiger partial charge is 0.493 e. The van der Waals surface area contributed by atoms with Crippen LogP contribution in [0.5, 0.6) is 23.0 Å². The molecule has 0 bridgehead atoms. The number of hydrogen-bond donors (Lipinski definition) is 0. The van der Waals surface area contributed by atoms with Gasteiger partial charge in [-0.15, -0.1) is 0 Å². The zero-order chi connectivity index (χ0) is 33.8. The average molecular weight is 773 g/mol. The predicted octanol–water partition coefficient (Wildman–Crippen LogP) is 5.93. The molecule has 5 rings (SSSR count). The molecule has 0 fully saturated rings. The van der Waals surface area contributed by atoms with Gasteiger partial charge >= 0.3 is 5.97 Å². The van der Waals surface area contributed by atoms with Crippen molar-refractivity contribution in [1.82, 2.24) is 4.57 Å². The molecule has 0 spiro atoms. The van der Waals surface area contributed by atoms with Crippen molar-refractivity contribution in [3.8, 4) is 23.0 Å². The van der Waals surface area contributed by atoms with Gasteiger partial charge in [0.15, 0.2) is 27.8 Å². The van der Waals surface area contributed by atoms with Crippen molar-refractivity contribution < 1.29 is 32.9 Å². The maximum absolute atomic E-state index is 14.2. The first-order valence-electron chi connectivity index (χ1n) is 14.8. The van der Waals surface area contributed by atoms with Crippen molar-refractivity contribution in [2.45, 2.75) is 46.4 Å². The zero-order valence-electron chi connectivity index (χ0n) is 26.8. The number of rotatable bonds is 11. The Morgan fingerprint density at radius 3 is 2.53 bits per heavy atom. The van der Waals surface area contributed by atoms with E-state index in [1.165, 1.54) is 35.1 Å². The molecule has 3 aromatic carbocycles. The highest BCUT2D eigenvalue weighted by Crippen LogP contribution is 2.37. The Balaban J connectivity index is 1.60. The number of halogens is 2. The van der Waals surface area contributed by atoms with Crippen LogP contribution < -0.4 is 33.8 Å². The molecule has 0 saturated carbocycles. The zero-order valence-corrected chi connectivity index (χ0v) is 29.7. The molecule has 1 aliphatic rings. The van der Waals surface area contributed by atoms with Gasteiger partial charge in [0, 0.05) is 0 Å². The van der Waals surface area contributed by atoms with Gasteiger partial charge in [-0.3, -0.25) is 9.36 Å². The highest BCUT2D eigenvalue weighted by molar-refractivity contribution is 14.1. The molecule has 246 valence electrons. The lowest BCUT2D eigenvalue weighted by Crippen LogP contribution is -2.40. The van der Waals surface area contributed by atoms with Crippen LogP contribution in [-0.2, 0) is 16.1 Å². The number of benzene rings is 3. The van der Waals surface area contributed by atoms with Crippen LogP contribution in [0.15, 0.2) is 75.7 Å². The number of aromatic nitrogens is 1. The Hall–Kier alpha value is -4.17. The summed E-state index contributed by atoms with van der Waals surface area (Å²) in [7, 11) is 3.07. The molecule has 1 atom stereocenters. The molecule has 4 aromatic rings. The Bertz CT molecular complexity index is 2040. The first-order valence-corrected chi connectivity index (χ1v) is 16.7. The highest BCUT2D eigenvalue weighted by atomic mass is 127. The van der Waals surface area contributed by atoms with Gasteiger partial charge in [-0.25, -0.2) is 14.2 Å². The number of thiazole rings is 1. The topological polar surface area (TPSA) is 97.6 Å². The van der Waals surface area contributed by atoms with Crippen molar-refractivity contribution in [2.75, 3.05) is 20.8 Å². The van der Waals surface area contributed by atoms with Gasteiger partial charge in [0.1, 0.15) is 12.4 Å². The van der Waals surface area contributed by atoms with Crippen molar-refractivity contribution >= 4 is 46.0 Å². The molecular weight excluding hydrogens is 738 g/mol. The van der Waals surface area contributed by atoms with E-state index in [0.29, 0.717) is 54.7 Å². The third-order valence-electron chi connectivity index (χ3n) is 7.20. The second-order valence-corrected chi connectivity index (χ2v) is 13.0. The molecule has 0 aliphatic carbocycles. The Morgan fingerprint density at radius 2 is 1.85 bits per heavy atom. The summed E-state index contributed by atoms with van der Waals surface area (Å²) in [4.78, 5) is 32.6. The molecule has 0 radical (unpaired) electrons. The Kier molecular flexibility index (Phi) is 10.7. The highest BCUT2D eigenvalue weighted by Gasteiger charge is 2.34. The van der Waals surface area contributed by atoms with Crippen molar-refractivity contribution in [1.29, 1.82) is 0 Å². The minimum absolute atomic E-state index is 0.0830. The fourth-order valence-corrected chi connectivity index (χ4v) is 7.04. The van der Waals surface area contributed by atoms with Crippen molar-refractivity contribution in [3.05, 3.63) is 112 Å². The summed E-state index contributed by atoms with van der Waals surface area (Å²) in [6, 6.07) is 14.4. The van der Waals surface area contributed by atoms with Crippen LogP contribution in [0, 0.1) is 9.39 Å². The van der Waals surface area contributed by atoms with E-state index >= 15 is 0 Å². The van der Waals surface area contributed by atoms with E-state index in [1.807, 2.05) is 26.0 Å². The SMILES string of the molecule is CCOC(=O)C1=C(C)N=c2s/c(=C\c3cc(I)c(OCc4cccc(F)c4)c(OC)c3)c(=O)n2[C@H]1c1ccc(OC(C)C)c(OC)c1. The number of methoxy groups -OCH3 is 2. The van der Waals surface area contributed by atoms with Crippen LogP contribution in [0.4, 0.5) is 4.39 Å². The van der Waals surface area contributed by atoms with Gasteiger partial charge in [0.25, 0.3) is 5.56 Å². The maximum atomic E-state index is 14.2. The van der Waals surface area contributed by atoms with Crippen LogP contribution in [0.2, 0.25) is 0 Å². The Morgan fingerprint density at radius 1 is 1.09 bits per heavy atom. The standard InChI is InChI=1S/C35H34FIN2O7S/c1-7-44-34(41)30-20(4)38-35-39(31(30)23-11-12-26(46-19(2)3)27(17-23)42-5)33(40)29(47-35)16-22-14-25(37)32(28(15-22)43-6)45-18-21-9-8-10-24(36)13-21/h8-17,19,31H,7,18H2,1-6H3/b29-16-/t31-/m0/s1. The number of nitrogens with zero attached hydrogens (tertiary/aromatic N) is 2. The number of fused-ring (bicyclic) bond motifs is 1. The second-order valence-electron chi connectivity index (χ2n) is 10.8. The number of carbonyl (C=O) groups is 1. The van der Waals surface area contributed by atoms with Crippen LogP contribution in [0.1, 0.15) is 50.4 Å². The minimum atomic E-state index is -0.817. The molecule has 47 heavy (non-hydrogen) atoms. The lowest BCUT2D eigenvalue weighted by molar-refractivity contribution is -0.139. The predicted molar refractivity (Wildman–Crippen MR) is 186 cm³/mol. The molecule has 12 heteroatoms. The number of esters is 1. The number of ether oxygens (including phenoxy) is 5. The van der Waals surface area contributed by atoms with E-state index in [0.717, 1.165) is 3.57 Å². The molecule has 1 aromatic heterocycles. The van der Waals surface area contributed by atoms with Crippen LogP contribution in [0.25, 0.3) is 6.08 Å². The fraction of sp³-hybridized carbons (Fsp3) is 0.286. The summed E-state index contributed by atoms with van der Waals surface area (Å²) in [5.41, 5.74) is 2.41. The monoisotopic (exact) mass is 772 g/mol. The fourth-order valence-electron chi connectivity index (χ4n) is 5.21. The molecule has 0 unspecified atom stereocenters. The van der Waals surface area contributed by atoms with Gasteiger partial charge in [0.05, 0.1) is 52.3 Å². The number of carbonyl (C=O) groups excluding carboxylic acids is 1. The summed E-state index contributed by atoms with van der Waals surface area (Å²) in [6.45, 7) is 7.62. The first-order chi connectivity index (χ1) is 22.5. The van der Waals surface area contributed by atoms with E-state index in [2.05, 4.69) is 27.6 Å². The van der Waals surface area contributed by atoms with Crippen LogP contribution in [0.3, 0.4) is 0 Å². The molecule has 0 amide bonds. The second kappa shape index (κ2) is 14.7. The van der Waals surface area contributed by atoms with Gasteiger partial charge in [-0.1, -0.05) is 29.5 Å². The van der Waals surface area contributed by atoms with Gasteiger partial charge in [0.2, 0.25) is 0 Å². The normalized spacial score (nSPS) is 14.5. The number of hydrogen-bond acceptors (Lipinski definition) is 9. The lowest BCUT2D eigenvalue weighted by Gasteiger charge is -2.25. The van der Waals surface area contributed by atoms with Crippen molar-refractivity contribution in [3.63, 3.8) is 0 Å². The third kappa shape index (κ3) is 7.38. The summed E-state index contributed by atoms with van der Waals surface area (Å²) in [5, 5.41) is 0. The Labute approximate surface area is 289 Å². The van der Waals surface area contributed by atoms with E-state index < -0.39 is 12.0 Å². The minimum Gasteiger partial charge on any atom is -0.493 e. The van der Waals surface area contributed by atoms with E-state index in [1.54, 1.807) is 57.4 Å². The molecule has 9 nitrogen and oxygen atoms in total. The molecule has 0 N–H and O–H groups in total. The lowest BCUT2D eigenvalue weighted by atomic mass is 9.95. The van der Waals surface area contributed by atoms with Gasteiger partial charge < -0.3 is 23.7 Å². The first kappa shape index (κ1) is 34.2. The van der Waals surface area contributed by atoms with E-state index in [4.69, 9.17) is 23.7 Å². The molecule has 1 aliphatic heterocycles. The third-order valence-corrected chi connectivity index (χ3v) is 8.99. The summed E-state index contributed by atoms with van der Waals surface area (Å²) >= 11 is 3.36. The number of allylic oxidation sites excluding steroid dienone is 1. The van der Waals surface area contributed by atoms with Crippen LogP contribution >= 0.6 is 33.9 Å². The van der Waals surface area contributed by atoms with E-state index in [-0.39, 0.29) is 36.3 Å².